The molecule has 2 unspecified atom stereocenters. The van der Waals surface area contributed by atoms with Crippen molar-refractivity contribution < 1.29 is 28.9 Å². The van der Waals surface area contributed by atoms with Gasteiger partial charge in [0, 0.05) is 23.9 Å². The van der Waals surface area contributed by atoms with Gasteiger partial charge < -0.3 is 24.6 Å². The van der Waals surface area contributed by atoms with Crippen LogP contribution >= 0.6 is 0 Å². The second-order valence-corrected chi connectivity index (χ2v) is 9.37. The number of ether oxygens (including phenoxy) is 3. The Morgan fingerprint density at radius 2 is 1.82 bits per heavy atom. The van der Waals surface area contributed by atoms with E-state index in [0.717, 1.165) is 0 Å². The molecule has 2 atom stereocenters. The van der Waals surface area contributed by atoms with Gasteiger partial charge >= 0.3 is 12.1 Å². The van der Waals surface area contributed by atoms with E-state index < -0.39 is 29.7 Å². The Bertz CT molecular complexity index is 982. The molecule has 0 spiro atoms. The lowest BCUT2D eigenvalue weighted by atomic mass is 9.74. The second-order valence-electron chi connectivity index (χ2n) is 9.37. The van der Waals surface area contributed by atoms with Crippen LogP contribution in [0.25, 0.3) is 11.0 Å². The van der Waals surface area contributed by atoms with Crippen molar-refractivity contribution in [1.29, 1.82) is 0 Å². The standard InChI is InChI=1S/C24H33N3O6/c1-24(2,3)33-23(30)26-15-8-6-14(7-9-15)19(22(29)32-5)21(28)16-12-13-25-17-10-11-18(31-4)27-20(16)17/h10-15,19,21,28H,6-9H2,1-5H3,(H,26,30)/t14-,15-,19?,21?. The molecule has 1 saturated carbocycles. The van der Waals surface area contributed by atoms with Gasteiger partial charge in [-0.1, -0.05) is 0 Å². The van der Waals surface area contributed by atoms with Gasteiger partial charge in [-0.2, -0.15) is 0 Å². The van der Waals surface area contributed by atoms with Crippen molar-refractivity contribution in [3.05, 3.63) is 30.0 Å². The number of methoxy groups -OCH3 is 2. The Labute approximate surface area is 193 Å². The van der Waals surface area contributed by atoms with Crippen LogP contribution in [0, 0.1) is 11.8 Å². The lowest BCUT2D eigenvalue weighted by Gasteiger charge is -2.35. The van der Waals surface area contributed by atoms with Crippen LogP contribution in [0.5, 0.6) is 5.88 Å². The molecule has 2 heterocycles. The van der Waals surface area contributed by atoms with Crippen molar-refractivity contribution in [2.24, 2.45) is 11.8 Å². The molecule has 2 aromatic rings. The fourth-order valence-electron chi connectivity index (χ4n) is 4.39. The summed E-state index contributed by atoms with van der Waals surface area (Å²) in [6.45, 7) is 5.46. The molecule has 180 valence electrons. The first-order valence-electron chi connectivity index (χ1n) is 11.2. The van der Waals surface area contributed by atoms with Crippen LogP contribution in [0.15, 0.2) is 24.4 Å². The molecule has 2 aromatic heterocycles. The summed E-state index contributed by atoms with van der Waals surface area (Å²) in [5, 5.41) is 14.2. The molecule has 0 saturated heterocycles. The number of carbonyl (C=O) groups excluding carboxylic acids is 2. The lowest BCUT2D eigenvalue weighted by molar-refractivity contribution is -0.153. The number of hydrogen-bond donors (Lipinski definition) is 2. The highest BCUT2D eigenvalue weighted by Gasteiger charge is 2.39. The number of pyridine rings is 2. The average molecular weight is 460 g/mol. The first-order chi connectivity index (χ1) is 15.6. The van der Waals surface area contributed by atoms with Gasteiger partial charge in [0.15, 0.2) is 0 Å². The highest BCUT2D eigenvalue weighted by molar-refractivity contribution is 5.80. The Morgan fingerprint density at radius 3 is 2.42 bits per heavy atom. The van der Waals surface area contributed by atoms with Crippen molar-refractivity contribution >= 4 is 23.1 Å². The van der Waals surface area contributed by atoms with Gasteiger partial charge in [-0.25, -0.2) is 9.78 Å². The van der Waals surface area contributed by atoms with E-state index in [1.165, 1.54) is 14.2 Å². The third-order valence-corrected chi connectivity index (χ3v) is 5.93. The van der Waals surface area contributed by atoms with Crippen molar-refractivity contribution in [2.75, 3.05) is 14.2 Å². The first-order valence-corrected chi connectivity index (χ1v) is 11.2. The van der Waals surface area contributed by atoms with E-state index in [-0.39, 0.29) is 12.0 Å². The maximum Gasteiger partial charge on any atom is 0.407 e. The maximum absolute atomic E-state index is 12.8. The molecular weight excluding hydrogens is 426 g/mol. The molecular formula is C24H33N3O6. The quantitative estimate of drug-likeness (QED) is 0.630. The fourth-order valence-corrected chi connectivity index (χ4v) is 4.39. The summed E-state index contributed by atoms with van der Waals surface area (Å²) in [4.78, 5) is 33.6. The number of aliphatic hydroxyl groups is 1. The van der Waals surface area contributed by atoms with Crippen molar-refractivity contribution in [2.45, 2.75) is 64.2 Å². The molecule has 1 aliphatic rings. The smallest absolute Gasteiger partial charge is 0.407 e. The van der Waals surface area contributed by atoms with Gasteiger partial charge in [0.1, 0.15) is 5.60 Å². The number of fused-ring (bicyclic) bond motifs is 1. The Kier molecular flexibility index (Phi) is 7.73. The molecule has 9 nitrogen and oxygen atoms in total. The van der Waals surface area contributed by atoms with Crippen molar-refractivity contribution in [3.63, 3.8) is 0 Å². The Hall–Kier alpha value is -2.94. The molecule has 0 aliphatic heterocycles. The number of aliphatic hydroxyl groups excluding tert-OH is 1. The summed E-state index contributed by atoms with van der Waals surface area (Å²) in [6.07, 6.45) is 2.67. The molecule has 9 heteroatoms. The molecule has 1 amide bonds. The van der Waals surface area contributed by atoms with E-state index in [2.05, 4.69) is 15.3 Å². The highest BCUT2D eigenvalue weighted by Crippen LogP contribution is 2.39. The average Bonchev–Trinajstić information content (AvgIpc) is 2.78. The molecule has 1 aliphatic carbocycles. The molecule has 0 aromatic carbocycles. The minimum Gasteiger partial charge on any atom is -0.481 e. The highest BCUT2D eigenvalue weighted by atomic mass is 16.6. The normalized spacial score (nSPS) is 20.5. The number of aromatic nitrogens is 2. The SMILES string of the molecule is COC(=O)C(C(O)c1ccnc2ccc(OC)nc12)[C@H]1CC[C@H](NC(=O)OC(C)(C)C)CC1. The number of nitrogens with one attached hydrogen (secondary N) is 1. The largest absolute Gasteiger partial charge is 0.481 e. The predicted molar refractivity (Wildman–Crippen MR) is 122 cm³/mol. The van der Waals surface area contributed by atoms with Gasteiger partial charge in [-0.3, -0.25) is 9.78 Å². The lowest BCUT2D eigenvalue weighted by Crippen LogP contribution is -2.42. The van der Waals surface area contributed by atoms with E-state index in [1.54, 1.807) is 24.4 Å². The minimum absolute atomic E-state index is 0.0424. The van der Waals surface area contributed by atoms with Crippen molar-refractivity contribution in [1.82, 2.24) is 15.3 Å². The molecule has 1 fully saturated rings. The van der Waals surface area contributed by atoms with Crippen LogP contribution in [0.2, 0.25) is 0 Å². The molecule has 2 N–H and O–H groups in total. The Balaban J connectivity index is 1.77. The summed E-state index contributed by atoms with van der Waals surface area (Å²) < 4.78 is 15.6. The van der Waals surface area contributed by atoms with E-state index >= 15 is 0 Å². The topological polar surface area (TPSA) is 120 Å². The number of carbonyl (C=O) groups is 2. The first kappa shape index (κ1) is 24.7. The van der Waals surface area contributed by atoms with Gasteiger partial charge in [0.25, 0.3) is 0 Å². The van der Waals surface area contributed by atoms with E-state index in [9.17, 15) is 14.7 Å². The number of amides is 1. The zero-order valence-electron chi connectivity index (χ0n) is 19.8. The minimum atomic E-state index is -1.12. The summed E-state index contributed by atoms with van der Waals surface area (Å²) in [5.41, 5.74) is 1.02. The number of hydrogen-bond acceptors (Lipinski definition) is 8. The summed E-state index contributed by atoms with van der Waals surface area (Å²) in [6, 6.07) is 5.09. The zero-order chi connectivity index (χ0) is 24.2. The van der Waals surface area contributed by atoms with Crippen molar-refractivity contribution in [3.8, 4) is 5.88 Å². The van der Waals surface area contributed by atoms with Crippen LogP contribution in [0.4, 0.5) is 4.79 Å². The predicted octanol–water partition coefficient (Wildman–Crippen LogP) is 3.54. The summed E-state index contributed by atoms with van der Waals surface area (Å²) in [5.74, 6) is -0.958. The molecule has 0 bridgehead atoms. The molecule has 3 rings (SSSR count). The third-order valence-electron chi connectivity index (χ3n) is 5.93. The van der Waals surface area contributed by atoms with Crippen LogP contribution in [0.1, 0.15) is 58.1 Å². The molecule has 33 heavy (non-hydrogen) atoms. The van der Waals surface area contributed by atoms with Gasteiger partial charge in [-0.15, -0.1) is 0 Å². The maximum atomic E-state index is 12.8. The van der Waals surface area contributed by atoms with E-state index in [0.29, 0.717) is 48.2 Å². The van der Waals surface area contributed by atoms with Gasteiger partial charge in [0.05, 0.1) is 37.3 Å². The zero-order valence-corrected chi connectivity index (χ0v) is 19.8. The third kappa shape index (κ3) is 6.10. The van der Waals surface area contributed by atoms with Gasteiger partial charge in [-0.05, 0) is 64.5 Å². The molecule has 0 radical (unpaired) electrons. The van der Waals surface area contributed by atoms with Crippen LogP contribution in [-0.2, 0) is 14.3 Å². The number of nitrogens with zero attached hydrogens (tertiary/aromatic N) is 2. The number of rotatable bonds is 6. The van der Waals surface area contributed by atoms with Crippen LogP contribution in [0.3, 0.4) is 0 Å². The Morgan fingerprint density at radius 1 is 1.12 bits per heavy atom. The van der Waals surface area contributed by atoms with E-state index in [4.69, 9.17) is 14.2 Å². The summed E-state index contributed by atoms with van der Waals surface area (Å²) >= 11 is 0. The fraction of sp³-hybridized carbons (Fsp3) is 0.583. The number of esters is 1. The van der Waals surface area contributed by atoms with Crippen LogP contribution in [-0.4, -0.2) is 53.0 Å². The number of alkyl carbamates (subject to hydrolysis) is 1. The van der Waals surface area contributed by atoms with E-state index in [1.807, 2.05) is 20.8 Å². The van der Waals surface area contributed by atoms with Crippen LogP contribution < -0.4 is 10.1 Å². The second kappa shape index (κ2) is 10.3. The summed E-state index contributed by atoms with van der Waals surface area (Å²) in [7, 11) is 2.84. The monoisotopic (exact) mass is 459 g/mol. The van der Waals surface area contributed by atoms with Gasteiger partial charge in [0.2, 0.25) is 5.88 Å².